The molecule has 0 heterocycles. The van der Waals surface area contributed by atoms with E-state index >= 15 is 0 Å². The molecule has 18 heavy (non-hydrogen) atoms. The molecule has 1 unspecified atom stereocenters. The molecule has 0 aliphatic heterocycles. The van der Waals surface area contributed by atoms with Gasteiger partial charge in [0.2, 0.25) is 0 Å². The molecule has 1 N–H and O–H groups in total. The van der Waals surface area contributed by atoms with E-state index < -0.39 is 6.10 Å². The van der Waals surface area contributed by atoms with Gasteiger partial charge in [0.1, 0.15) is 11.9 Å². The number of hydrogen-bond acceptors (Lipinski definition) is 2. The molecule has 0 aliphatic rings. The minimum absolute atomic E-state index is 0.606. The van der Waals surface area contributed by atoms with E-state index in [0.717, 1.165) is 22.4 Å². The standard InChI is InChI=1S/C16H18O2/c1-3-18-15-10-12(2)9-14(11-15)16(17)13-7-5-4-6-8-13/h4-11,16-17H,3H2,1-2H3. The van der Waals surface area contributed by atoms with Gasteiger partial charge in [0.25, 0.3) is 0 Å². The van der Waals surface area contributed by atoms with Crippen LogP contribution < -0.4 is 4.74 Å². The molecule has 0 aliphatic carbocycles. The van der Waals surface area contributed by atoms with Gasteiger partial charge in [-0.3, -0.25) is 0 Å². The molecule has 0 bridgehead atoms. The predicted octanol–water partition coefficient (Wildman–Crippen LogP) is 3.48. The molecule has 0 saturated carbocycles. The van der Waals surface area contributed by atoms with Crippen LogP contribution in [0, 0.1) is 6.92 Å². The molecular weight excluding hydrogens is 224 g/mol. The largest absolute Gasteiger partial charge is 0.494 e. The average Bonchev–Trinajstić information content (AvgIpc) is 2.38. The van der Waals surface area contributed by atoms with Crippen LogP contribution >= 0.6 is 0 Å². The van der Waals surface area contributed by atoms with E-state index in [1.165, 1.54) is 0 Å². The molecule has 0 spiro atoms. The first-order valence-corrected chi connectivity index (χ1v) is 6.18. The predicted molar refractivity (Wildman–Crippen MR) is 72.9 cm³/mol. The Labute approximate surface area is 108 Å². The fourth-order valence-electron chi connectivity index (χ4n) is 2.01. The van der Waals surface area contributed by atoms with Gasteiger partial charge < -0.3 is 9.84 Å². The first-order chi connectivity index (χ1) is 8.70. The number of rotatable bonds is 4. The molecule has 2 aromatic carbocycles. The normalized spacial score (nSPS) is 12.2. The summed E-state index contributed by atoms with van der Waals surface area (Å²) in [5.74, 6) is 0.808. The van der Waals surface area contributed by atoms with Gasteiger partial charge in [0.15, 0.2) is 0 Å². The fraction of sp³-hybridized carbons (Fsp3) is 0.250. The summed E-state index contributed by atoms with van der Waals surface area (Å²) >= 11 is 0. The van der Waals surface area contributed by atoms with E-state index in [2.05, 4.69) is 0 Å². The van der Waals surface area contributed by atoms with Gasteiger partial charge in [-0.1, -0.05) is 36.4 Å². The van der Waals surface area contributed by atoms with Crippen molar-refractivity contribution in [2.45, 2.75) is 20.0 Å². The summed E-state index contributed by atoms with van der Waals surface area (Å²) in [6.07, 6.45) is -0.606. The van der Waals surface area contributed by atoms with Crippen molar-refractivity contribution >= 4 is 0 Å². The summed E-state index contributed by atoms with van der Waals surface area (Å²) in [6.45, 7) is 4.59. The molecule has 1 atom stereocenters. The monoisotopic (exact) mass is 242 g/mol. The second kappa shape index (κ2) is 5.69. The zero-order valence-electron chi connectivity index (χ0n) is 10.8. The van der Waals surface area contributed by atoms with Crippen molar-refractivity contribution in [1.82, 2.24) is 0 Å². The Hall–Kier alpha value is -1.80. The highest BCUT2D eigenvalue weighted by molar-refractivity contribution is 5.38. The lowest BCUT2D eigenvalue weighted by Gasteiger charge is -2.14. The molecule has 0 aromatic heterocycles. The van der Waals surface area contributed by atoms with Gasteiger partial charge in [-0.05, 0) is 42.7 Å². The number of aliphatic hydroxyl groups excluding tert-OH is 1. The Kier molecular flexibility index (Phi) is 4.00. The maximum atomic E-state index is 10.4. The third-order valence-corrected chi connectivity index (χ3v) is 2.82. The second-order valence-corrected chi connectivity index (χ2v) is 4.33. The van der Waals surface area contributed by atoms with Gasteiger partial charge in [-0.25, -0.2) is 0 Å². The van der Waals surface area contributed by atoms with Crippen LogP contribution in [0.2, 0.25) is 0 Å². The Balaban J connectivity index is 2.33. The van der Waals surface area contributed by atoms with E-state index in [9.17, 15) is 5.11 Å². The zero-order chi connectivity index (χ0) is 13.0. The van der Waals surface area contributed by atoms with E-state index in [1.807, 2.05) is 62.4 Å². The van der Waals surface area contributed by atoms with Crippen LogP contribution in [-0.4, -0.2) is 11.7 Å². The van der Waals surface area contributed by atoms with Gasteiger partial charge in [0.05, 0.1) is 6.61 Å². The summed E-state index contributed by atoms with van der Waals surface area (Å²) in [6, 6.07) is 15.5. The van der Waals surface area contributed by atoms with Gasteiger partial charge >= 0.3 is 0 Å². The Bertz CT molecular complexity index is 506. The Morgan fingerprint density at radius 2 is 1.78 bits per heavy atom. The van der Waals surface area contributed by atoms with Crippen LogP contribution in [0.1, 0.15) is 29.7 Å². The molecule has 0 saturated heterocycles. The van der Waals surface area contributed by atoms with Crippen molar-refractivity contribution in [2.24, 2.45) is 0 Å². The molecule has 0 fully saturated rings. The van der Waals surface area contributed by atoms with Crippen LogP contribution in [0.15, 0.2) is 48.5 Å². The summed E-state index contributed by atoms with van der Waals surface area (Å²) in [4.78, 5) is 0. The van der Waals surface area contributed by atoms with Crippen molar-refractivity contribution in [3.8, 4) is 5.75 Å². The van der Waals surface area contributed by atoms with Crippen molar-refractivity contribution in [3.05, 3.63) is 65.2 Å². The lowest BCUT2D eigenvalue weighted by atomic mass is 10.00. The van der Waals surface area contributed by atoms with E-state index in [-0.39, 0.29) is 0 Å². The number of aliphatic hydroxyl groups is 1. The van der Waals surface area contributed by atoms with Crippen molar-refractivity contribution in [2.75, 3.05) is 6.61 Å². The summed E-state index contributed by atoms with van der Waals surface area (Å²) < 4.78 is 5.50. The average molecular weight is 242 g/mol. The maximum Gasteiger partial charge on any atom is 0.119 e. The van der Waals surface area contributed by atoms with E-state index in [4.69, 9.17) is 4.74 Å². The van der Waals surface area contributed by atoms with Crippen LogP contribution in [0.25, 0.3) is 0 Å². The van der Waals surface area contributed by atoms with Crippen molar-refractivity contribution in [1.29, 1.82) is 0 Å². The van der Waals surface area contributed by atoms with Crippen molar-refractivity contribution < 1.29 is 9.84 Å². The molecule has 2 aromatic rings. The molecule has 94 valence electrons. The lowest BCUT2D eigenvalue weighted by molar-refractivity contribution is 0.219. The summed E-state index contributed by atoms with van der Waals surface area (Å²) in [7, 11) is 0. The number of benzene rings is 2. The number of hydrogen-bond donors (Lipinski definition) is 1. The van der Waals surface area contributed by atoms with Crippen molar-refractivity contribution in [3.63, 3.8) is 0 Å². The van der Waals surface area contributed by atoms with Crippen LogP contribution in [0.4, 0.5) is 0 Å². The highest BCUT2D eigenvalue weighted by atomic mass is 16.5. The molecular formula is C16H18O2. The lowest BCUT2D eigenvalue weighted by Crippen LogP contribution is -2.01. The van der Waals surface area contributed by atoms with Crippen LogP contribution in [0.5, 0.6) is 5.75 Å². The second-order valence-electron chi connectivity index (χ2n) is 4.33. The highest BCUT2D eigenvalue weighted by Crippen LogP contribution is 2.26. The number of aryl methyl sites for hydroxylation is 1. The molecule has 2 heteroatoms. The highest BCUT2D eigenvalue weighted by Gasteiger charge is 2.11. The quantitative estimate of drug-likeness (QED) is 0.889. The molecule has 2 nitrogen and oxygen atoms in total. The Morgan fingerprint density at radius 1 is 1.06 bits per heavy atom. The first kappa shape index (κ1) is 12.7. The molecule has 0 radical (unpaired) electrons. The van der Waals surface area contributed by atoms with Gasteiger partial charge in [-0.2, -0.15) is 0 Å². The first-order valence-electron chi connectivity index (χ1n) is 6.18. The van der Waals surface area contributed by atoms with Gasteiger partial charge in [-0.15, -0.1) is 0 Å². The number of ether oxygens (including phenoxy) is 1. The third kappa shape index (κ3) is 2.90. The molecule has 0 amide bonds. The summed E-state index contributed by atoms with van der Waals surface area (Å²) in [5, 5.41) is 10.4. The topological polar surface area (TPSA) is 29.5 Å². The maximum absolute atomic E-state index is 10.4. The van der Waals surface area contributed by atoms with Crippen LogP contribution in [-0.2, 0) is 0 Å². The Morgan fingerprint density at radius 3 is 2.44 bits per heavy atom. The van der Waals surface area contributed by atoms with E-state index in [1.54, 1.807) is 0 Å². The van der Waals surface area contributed by atoms with E-state index in [0.29, 0.717) is 6.61 Å². The smallest absolute Gasteiger partial charge is 0.119 e. The molecule has 2 rings (SSSR count). The zero-order valence-corrected chi connectivity index (χ0v) is 10.8. The third-order valence-electron chi connectivity index (χ3n) is 2.82. The fourth-order valence-corrected chi connectivity index (χ4v) is 2.01. The SMILES string of the molecule is CCOc1cc(C)cc(C(O)c2ccccc2)c1. The van der Waals surface area contributed by atoms with Gasteiger partial charge in [0, 0.05) is 0 Å². The van der Waals surface area contributed by atoms with Crippen LogP contribution in [0.3, 0.4) is 0 Å². The summed E-state index contributed by atoms with van der Waals surface area (Å²) in [5.41, 5.74) is 2.85. The minimum atomic E-state index is -0.606. The minimum Gasteiger partial charge on any atom is -0.494 e.